The van der Waals surface area contributed by atoms with Crippen LogP contribution < -0.4 is 5.32 Å². The Morgan fingerprint density at radius 3 is 2.34 bits per heavy atom. The summed E-state index contributed by atoms with van der Waals surface area (Å²) < 4.78 is 0. The van der Waals surface area contributed by atoms with Crippen LogP contribution in [0.4, 0.5) is 5.69 Å². The number of alkyl halides is 1. The van der Waals surface area contributed by atoms with Crippen LogP contribution in [-0.4, -0.2) is 12.4 Å². The minimum absolute atomic E-state index is 0.0803. The van der Waals surface area contributed by atoms with E-state index < -0.39 is 0 Å². The summed E-state index contributed by atoms with van der Waals surface area (Å²) in [6.07, 6.45) is 15.9. The Balaban J connectivity index is 0.000000738. The number of halogens is 1. The topological polar surface area (TPSA) is 16.6 Å². The van der Waals surface area contributed by atoms with Gasteiger partial charge in [-0.3, -0.25) is 0 Å². The summed E-state index contributed by atoms with van der Waals surface area (Å²) in [7, 11) is 2.12. The second kappa shape index (κ2) is 17.4. The minimum Gasteiger partial charge on any atom is -0.316 e. The van der Waals surface area contributed by atoms with Crippen molar-refractivity contribution in [1.29, 1.82) is 0 Å². The highest BCUT2D eigenvalue weighted by atomic mass is 79.9. The van der Waals surface area contributed by atoms with Crippen LogP contribution in [0.3, 0.4) is 0 Å². The Morgan fingerprint density at radius 1 is 1.09 bits per heavy atom. The van der Waals surface area contributed by atoms with E-state index in [1.807, 2.05) is 6.08 Å². The lowest BCUT2D eigenvalue weighted by atomic mass is 9.74. The highest BCUT2D eigenvalue weighted by Gasteiger charge is 2.30. The Kier molecular flexibility index (Phi) is 16.2. The molecule has 32 heavy (non-hydrogen) atoms. The number of fused-ring (bicyclic) bond motifs is 1. The van der Waals surface area contributed by atoms with Gasteiger partial charge in [-0.15, -0.1) is 19.7 Å². The maximum atomic E-state index is 3.98. The molecule has 0 saturated carbocycles. The van der Waals surface area contributed by atoms with Gasteiger partial charge in [0.25, 0.3) is 0 Å². The van der Waals surface area contributed by atoms with Crippen molar-refractivity contribution in [3.05, 3.63) is 104 Å². The van der Waals surface area contributed by atoms with Gasteiger partial charge >= 0.3 is 0 Å². The molecule has 0 aliphatic carbocycles. The molecule has 174 valence electrons. The van der Waals surface area contributed by atoms with Crippen molar-refractivity contribution >= 4 is 32.4 Å². The van der Waals surface area contributed by atoms with Gasteiger partial charge in [0.1, 0.15) is 5.69 Å². The van der Waals surface area contributed by atoms with Crippen molar-refractivity contribution < 1.29 is 5.32 Å². The van der Waals surface area contributed by atoms with Gasteiger partial charge in [-0.1, -0.05) is 96.1 Å². The number of hydrogen-bond acceptors (Lipinski definition) is 0. The molecular formula is C30H43BrN+. The molecule has 0 aromatic heterocycles. The maximum Gasteiger partial charge on any atom is 0.133 e. The number of allylic oxidation sites excluding steroid dienone is 7. The predicted molar refractivity (Wildman–Crippen MR) is 151 cm³/mol. The van der Waals surface area contributed by atoms with Crippen LogP contribution in [0.2, 0.25) is 0 Å². The van der Waals surface area contributed by atoms with Crippen LogP contribution >= 0.6 is 15.9 Å². The lowest BCUT2D eigenvalue weighted by Gasteiger charge is -2.30. The first kappa shape index (κ1) is 29.8. The normalized spacial score (nSPS) is 13.2. The van der Waals surface area contributed by atoms with Crippen molar-refractivity contribution in [2.75, 3.05) is 12.4 Å². The number of rotatable bonds is 9. The number of quaternary nitrogens is 1. The summed E-state index contributed by atoms with van der Waals surface area (Å²) in [5.41, 5.74) is 4.28. The van der Waals surface area contributed by atoms with Crippen LogP contribution in [0, 0.1) is 0 Å². The molecule has 0 radical (unpaired) electrons. The van der Waals surface area contributed by atoms with Gasteiger partial charge in [0.2, 0.25) is 0 Å². The van der Waals surface area contributed by atoms with Crippen molar-refractivity contribution in [2.45, 2.75) is 52.4 Å². The lowest BCUT2D eigenvalue weighted by Crippen LogP contribution is -2.73. The fourth-order valence-electron chi connectivity index (χ4n) is 3.59. The van der Waals surface area contributed by atoms with Gasteiger partial charge < -0.3 is 5.32 Å². The monoisotopic (exact) mass is 496 g/mol. The molecule has 2 aromatic carbocycles. The van der Waals surface area contributed by atoms with Gasteiger partial charge in [-0.2, -0.15) is 0 Å². The van der Waals surface area contributed by atoms with Gasteiger partial charge in [0.05, 0.1) is 7.05 Å². The molecule has 0 bridgehead atoms. The Bertz CT molecular complexity index is 891. The van der Waals surface area contributed by atoms with Crippen LogP contribution in [-0.2, 0) is 5.41 Å². The molecule has 0 fully saturated rings. The van der Waals surface area contributed by atoms with E-state index in [0.717, 1.165) is 24.6 Å². The summed E-state index contributed by atoms with van der Waals surface area (Å²) >= 11 is 3.31. The minimum atomic E-state index is 0.0803. The average molecular weight is 498 g/mol. The zero-order valence-corrected chi connectivity index (χ0v) is 22.4. The highest BCUT2D eigenvalue weighted by Crippen LogP contribution is 2.40. The molecule has 2 aromatic rings. The first-order chi connectivity index (χ1) is 15.5. The van der Waals surface area contributed by atoms with Crippen LogP contribution in [0.25, 0.3) is 10.8 Å². The first-order valence-electron chi connectivity index (χ1n) is 11.4. The third kappa shape index (κ3) is 9.54. The maximum absolute atomic E-state index is 3.98. The van der Waals surface area contributed by atoms with E-state index >= 15 is 0 Å². The molecule has 2 rings (SSSR count). The summed E-state index contributed by atoms with van der Waals surface area (Å²) in [5.74, 6) is 0. The number of hydrogen-bond donors (Lipinski definition) is 1. The second-order valence-corrected chi connectivity index (χ2v) is 8.46. The van der Waals surface area contributed by atoms with Crippen LogP contribution in [0.15, 0.2) is 98.2 Å². The molecule has 1 unspecified atom stereocenters. The largest absolute Gasteiger partial charge is 0.316 e. The Labute approximate surface area is 205 Å². The molecule has 0 amide bonds. The SMILES string of the molecule is C=C.C=CCC(C)(C/C=C/C)c1c([NH2+]C)ccc2ccccc12.CC/C(C)=C\C=C/CBr. The summed E-state index contributed by atoms with van der Waals surface area (Å²) in [4.78, 5) is 0. The fourth-order valence-corrected chi connectivity index (χ4v) is 3.80. The van der Waals surface area contributed by atoms with Gasteiger partial charge in [0, 0.05) is 16.3 Å². The van der Waals surface area contributed by atoms with E-state index in [0.29, 0.717) is 0 Å². The average Bonchev–Trinajstić information content (AvgIpc) is 2.83. The first-order valence-corrected chi connectivity index (χ1v) is 12.5. The van der Waals surface area contributed by atoms with E-state index in [1.165, 1.54) is 27.6 Å². The smallest absolute Gasteiger partial charge is 0.133 e. The predicted octanol–water partition coefficient (Wildman–Crippen LogP) is 8.56. The van der Waals surface area contributed by atoms with Gasteiger partial charge in [-0.25, -0.2) is 0 Å². The quantitative estimate of drug-likeness (QED) is 0.155. The van der Waals surface area contributed by atoms with Gasteiger partial charge in [0.15, 0.2) is 0 Å². The van der Waals surface area contributed by atoms with Crippen LogP contribution in [0.1, 0.15) is 52.5 Å². The third-order valence-electron chi connectivity index (χ3n) is 5.44. The molecule has 0 saturated heterocycles. The Morgan fingerprint density at radius 2 is 1.78 bits per heavy atom. The zero-order valence-electron chi connectivity index (χ0n) is 20.8. The second-order valence-electron chi connectivity index (χ2n) is 7.82. The van der Waals surface area contributed by atoms with Crippen molar-refractivity contribution in [1.82, 2.24) is 0 Å². The molecule has 0 heterocycles. The lowest BCUT2D eigenvalue weighted by molar-refractivity contribution is -0.540. The van der Waals surface area contributed by atoms with Crippen molar-refractivity contribution in [3.8, 4) is 0 Å². The molecule has 2 N–H and O–H groups in total. The summed E-state index contributed by atoms with van der Waals surface area (Å²) in [5, 5.41) is 5.84. The van der Waals surface area contributed by atoms with Crippen LogP contribution in [0.5, 0.6) is 0 Å². The number of nitrogens with two attached hydrogens (primary N) is 1. The molecule has 0 aliphatic rings. The molecule has 1 atom stereocenters. The number of benzene rings is 2. The standard InChI is InChI=1S/C20H25N.C8H13Br.C2H4/c1-5-7-15-20(3,14-6-2)19-17-11-9-8-10-16(17)12-13-18(19)21-4;1-3-8(2)6-4-5-7-9;1-2/h5-13,21H,2,14-15H2,1,3-4H3;4-6H,3,7H2,1-2H3;1-2H2/p+1/b7-5+;5-4-,8-6-;. The molecule has 0 aliphatic heterocycles. The molecule has 2 heteroatoms. The van der Waals surface area contributed by atoms with E-state index in [-0.39, 0.29) is 5.41 Å². The summed E-state index contributed by atoms with van der Waals surface area (Å²) in [6, 6.07) is 13.2. The molecular weight excluding hydrogens is 454 g/mol. The Hall–Kier alpha value is -2.16. The van der Waals surface area contributed by atoms with E-state index in [4.69, 9.17) is 0 Å². The molecule has 1 nitrogen and oxygen atoms in total. The van der Waals surface area contributed by atoms with Crippen molar-refractivity contribution in [2.24, 2.45) is 0 Å². The van der Waals surface area contributed by atoms with Gasteiger partial charge in [-0.05, 0) is 56.0 Å². The zero-order chi connectivity index (χ0) is 24.4. The van der Waals surface area contributed by atoms with E-state index in [2.05, 4.69) is 143 Å². The molecule has 0 spiro atoms. The summed E-state index contributed by atoms with van der Waals surface area (Å²) in [6.45, 7) is 18.7. The van der Waals surface area contributed by atoms with Crippen molar-refractivity contribution in [3.63, 3.8) is 0 Å². The van der Waals surface area contributed by atoms with E-state index in [1.54, 1.807) is 0 Å². The van der Waals surface area contributed by atoms with E-state index in [9.17, 15) is 0 Å². The third-order valence-corrected chi connectivity index (χ3v) is 5.81. The highest BCUT2D eigenvalue weighted by molar-refractivity contribution is 9.09. The fraction of sp³-hybridized carbons (Fsp3) is 0.333.